The molecule has 2 aliphatic rings. The number of rotatable bonds is 6. The molecule has 2 aliphatic heterocycles. The van der Waals surface area contributed by atoms with E-state index in [4.69, 9.17) is 0 Å². The van der Waals surface area contributed by atoms with E-state index in [1.807, 2.05) is 6.92 Å². The van der Waals surface area contributed by atoms with Gasteiger partial charge >= 0.3 is 0 Å². The second-order valence-corrected chi connectivity index (χ2v) is 9.84. The molecule has 32 heavy (non-hydrogen) atoms. The lowest BCUT2D eigenvalue weighted by Crippen LogP contribution is -2.46. The molecule has 172 valence electrons. The van der Waals surface area contributed by atoms with Crippen LogP contribution in [0, 0.1) is 11.6 Å². The molecule has 3 unspecified atom stereocenters. The molecule has 0 radical (unpaired) electrons. The fourth-order valence-electron chi connectivity index (χ4n) is 4.43. The van der Waals surface area contributed by atoms with Gasteiger partial charge in [-0.25, -0.2) is 17.3 Å². The van der Waals surface area contributed by atoms with Crippen molar-refractivity contribution in [3.63, 3.8) is 0 Å². The van der Waals surface area contributed by atoms with E-state index in [1.54, 1.807) is 10.4 Å². The van der Waals surface area contributed by atoms with Crippen LogP contribution in [0.2, 0.25) is 0 Å². The summed E-state index contributed by atoms with van der Waals surface area (Å²) >= 11 is 0. The second kappa shape index (κ2) is 10.1. The van der Waals surface area contributed by atoms with Crippen LogP contribution in [0.15, 0.2) is 41.4 Å². The Morgan fingerprint density at radius 1 is 1.19 bits per heavy atom. The number of amides is 1. The summed E-state index contributed by atoms with van der Waals surface area (Å²) in [7, 11) is -1.59. The van der Waals surface area contributed by atoms with Crippen LogP contribution in [0.1, 0.15) is 49.8 Å². The second-order valence-electron chi connectivity index (χ2n) is 8.45. The van der Waals surface area contributed by atoms with Gasteiger partial charge in [-0.1, -0.05) is 0 Å². The summed E-state index contributed by atoms with van der Waals surface area (Å²) in [5.74, 6) is -0.854. The van der Waals surface area contributed by atoms with Crippen molar-refractivity contribution < 1.29 is 17.8 Å². The molecule has 4 rings (SSSR count). The summed E-state index contributed by atoms with van der Waals surface area (Å²) in [6.45, 7) is 3.79. The Balaban J connectivity index is 1.44. The first-order valence-corrected chi connectivity index (χ1v) is 12.1. The van der Waals surface area contributed by atoms with E-state index >= 15 is 0 Å². The van der Waals surface area contributed by atoms with Gasteiger partial charge in [-0.05, 0) is 76.0 Å². The van der Waals surface area contributed by atoms with E-state index < -0.39 is 28.7 Å². The summed E-state index contributed by atoms with van der Waals surface area (Å²) in [5, 5.41) is 6.13. The Morgan fingerprint density at radius 3 is 2.62 bits per heavy atom. The van der Waals surface area contributed by atoms with Crippen molar-refractivity contribution in [1.29, 1.82) is 0 Å². The summed E-state index contributed by atoms with van der Waals surface area (Å²) in [4.78, 5) is 17.7. The van der Waals surface area contributed by atoms with Crippen molar-refractivity contribution in [2.75, 3.05) is 13.1 Å². The highest BCUT2D eigenvalue weighted by atomic mass is 32.2. The van der Waals surface area contributed by atoms with Crippen LogP contribution in [-0.2, 0) is 22.3 Å². The zero-order valence-electron chi connectivity index (χ0n) is 18.0. The fraction of sp³-hybridized carbons (Fsp3) is 0.478. The summed E-state index contributed by atoms with van der Waals surface area (Å²) in [6.07, 6.45) is 4.41. The summed E-state index contributed by atoms with van der Waals surface area (Å²) in [5.41, 5.74) is 1.25. The average molecular weight is 463 g/mol. The van der Waals surface area contributed by atoms with Crippen molar-refractivity contribution in [3.05, 3.63) is 59.4 Å². The van der Waals surface area contributed by atoms with Crippen LogP contribution in [-0.4, -0.2) is 44.6 Å². The van der Waals surface area contributed by atoms with E-state index in [9.17, 15) is 17.8 Å². The average Bonchev–Trinajstić information content (AvgIpc) is 3.20. The molecule has 1 aromatic heterocycles. The van der Waals surface area contributed by atoms with Crippen LogP contribution in [0.5, 0.6) is 0 Å². The lowest BCUT2D eigenvalue weighted by molar-refractivity contribution is -0.124. The van der Waals surface area contributed by atoms with E-state index in [2.05, 4.69) is 15.6 Å². The molecular weight excluding hydrogens is 434 g/mol. The van der Waals surface area contributed by atoms with Gasteiger partial charge < -0.3 is 10.6 Å². The SMILES string of the molecule is CC1CCC(C(=O)NCc2cc(C3CCNCC3)ncc2F)N1S(=O)c1ccc(F)cc1. The summed E-state index contributed by atoms with van der Waals surface area (Å²) < 4.78 is 42.4. The zero-order valence-corrected chi connectivity index (χ0v) is 18.8. The van der Waals surface area contributed by atoms with Crippen LogP contribution < -0.4 is 10.6 Å². The van der Waals surface area contributed by atoms with E-state index in [-0.39, 0.29) is 24.4 Å². The third kappa shape index (κ3) is 5.05. The van der Waals surface area contributed by atoms with Gasteiger partial charge in [0.25, 0.3) is 0 Å². The molecular formula is C23H28F2N4O2S. The molecule has 2 saturated heterocycles. The van der Waals surface area contributed by atoms with Crippen LogP contribution in [0.4, 0.5) is 8.78 Å². The molecule has 2 aromatic rings. The number of aromatic nitrogens is 1. The maximum Gasteiger partial charge on any atom is 0.238 e. The van der Waals surface area contributed by atoms with Crippen LogP contribution in [0.25, 0.3) is 0 Å². The van der Waals surface area contributed by atoms with Crippen LogP contribution >= 0.6 is 0 Å². The fourth-order valence-corrected chi connectivity index (χ4v) is 5.91. The number of carbonyl (C=O) groups excluding carboxylic acids is 1. The number of benzene rings is 1. The van der Waals surface area contributed by atoms with Crippen molar-refractivity contribution in [1.82, 2.24) is 19.9 Å². The van der Waals surface area contributed by atoms with Crippen molar-refractivity contribution in [2.24, 2.45) is 0 Å². The standard InChI is InChI=1S/C23H28F2N4O2S/c1-15-2-7-22(29(15)32(31)19-5-3-18(24)4-6-19)23(30)28-13-17-12-21(27-14-20(17)25)16-8-10-26-11-9-16/h3-6,12,14-16,22,26H,2,7-11,13H2,1H3,(H,28,30). The maximum absolute atomic E-state index is 14.4. The molecule has 9 heteroatoms. The van der Waals surface area contributed by atoms with Gasteiger partial charge in [0.05, 0.1) is 11.1 Å². The highest BCUT2D eigenvalue weighted by Crippen LogP contribution is 2.29. The topological polar surface area (TPSA) is 74.3 Å². The highest BCUT2D eigenvalue weighted by molar-refractivity contribution is 7.82. The lowest BCUT2D eigenvalue weighted by atomic mass is 9.93. The Morgan fingerprint density at radius 2 is 1.91 bits per heavy atom. The van der Waals surface area contributed by atoms with Gasteiger partial charge in [-0.2, -0.15) is 0 Å². The van der Waals surface area contributed by atoms with Gasteiger partial charge in [-0.3, -0.25) is 9.78 Å². The quantitative estimate of drug-likeness (QED) is 0.692. The van der Waals surface area contributed by atoms with E-state index in [0.29, 0.717) is 23.3 Å². The molecule has 1 amide bonds. The molecule has 0 spiro atoms. The van der Waals surface area contributed by atoms with Gasteiger partial charge in [-0.15, -0.1) is 0 Å². The van der Waals surface area contributed by atoms with Crippen molar-refractivity contribution in [2.45, 2.75) is 62.0 Å². The first-order chi connectivity index (χ1) is 15.4. The largest absolute Gasteiger partial charge is 0.351 e. The van der Waals surface area contributed by atoms with Gasteiger partial charge in [0.1, 0.15) is 28.7 Å². The molecule has 3 atom stereocenters. The maximum atomic E-state index is 14.4. The van der Waals surface area contributed by atoms with Crippen molar-refractivity contribution >= 4 is 16.9 Å². The minimum absolute atomic E-state index is 0.0487. The number of carbonyl (C=O) groups is 1. The minimum Gasteiger partial charge on any atom is -0.351 e. The molecule has 0 aliphatic carbocycles. The third-order valence-corrected chi connectivity index (χ3v) is 7.95. The number of piperidine rings is 1. The number of pyridine rings is 1. The Kier molecular flexibility index (Phi) is 7.27. The Labute approximate surface area is 189 Å². The molecule has 0 bridgehead atoms. The predicted molar refractivity (Wildman–Crippen MR) is 118 cm³/mol. The Bertz CT molecular complexity index is 982. The van der Waals surface area contributed by atoms with Crippen LogP contribution in [0.3, 0.4) is 0 Å². The summed E-state index contributed by atoms with van der Waals surface area (Å²) in [6, 6.07) is 6.55. The minimum atomic E-state index is -1.59. The molecule has 1 aromatic carbocycles. The number of hydrogen-bond donors (Lipinski definition) is 2. The monoisotopic (exact) mass is 462 g/mol. The zero-order chi connectivity index (χ0) is 22.7. The number of nitrogens with one attached hydrogen (secondary N) is 2. The first-order valence-electron chi connectivity index (χ1n) is 11.0. The Hall–Kier alpha value is -2.23. The van der Waals surface area contributed by atoms with Crippen molar-refractivity contribution in [3.8, 4) is 0 Å². The molecule has 2 N–H and O–H groups in total. The molecule has 0 saturated carbocycles. The highest BCUT2D eigenvalue weighted by Gasteiger charge is 2.39. The predicted octanol–water partition coefficient (Wildman–Crippen LogP) is 3.02. The van der Waals surface area contributed by atoms with E-state index in [0.717, 1.165) is 31.6 Å². The number of nitrogens with zero attached hydrogens (tertiary/aromatic N) is 2. The molecule has 2 fully saturated rings. The van der Waals surface area contributed by atoms with E-state index in [1.165, 1.54) is 30.5 Å². The number of halogens is 2. The lowest BCUT2D eigenvalue weighted by Gasteiger charge is -2.26. The van der Waals surface area contributed by atoms with Gasteiger partial charge in [0.2, 0.25) is 5.91 Å². The molecule has 3 heterocycles. The molecule has 6 nitrogen and oxygen atoms in total. The first kappa shape index (κ1) is 22.9. The normalized spacial score (nSPS) is 23.2. The number of hydrogen-bond acceptors (Lipinski definition) is 4. The van der Waals surface area contributed by atoms with Gasteiger partial charge in [0, 0.05) is 29.8 Å². The van der Waals surface area contributed by atoms with Gasteiger partial charge in [0.15, 0.2) is 0 Å². The smallest absolute Gasteiger partial charge is 0.238 e. The third-order valence-electron chi connectivity index (χ3n) is 6.28.